The van der Waals surface area contributed by atoms with Gasteiger partial charge in [0.15, 0.2) is 0 Å². The highest BCUT2D eigenvalue weighted by molar-refractivity contribution is 7.84. The molecule has 0 bridgehead atoms. The largest absolute Gasteiger partial charge is 0.380 e. The van der Waals surface area contributed by atoms with Gasteiger partial charge in [-0.2, -0.15) is 23.9 Å². The topological polar surface area (TPSA) is 124 Å². The Balaban J connectivity index is 1.88. The van der Waals surface area contributed by atoms with Crippen molar-refractivity contribution in [2.24, 2.45) is 5.14 Å². The molecule has 25 heavy (non-hydrogen) atoms. The van der Waals surface area contributed by atoms with Crippen molar-refractivity contribution in [1.29, 1.82) is 5.26 Å². The van der Waals surface area contributed by atoms with E-state index in [1.54, 1.807) is 29.2 Å². The fraction of sp³-hybridized carbons (Fsp3) is 0.0625. The molecule has 0 amide bonds. The molecule has 9 heteroatoms. The second-order valence-electron chi connectivity index (χ2n) is 5.19. The van der Waals surface area contributed by atoms with Gasteiger partial charge in [-0.15, -0.1) is 0 Å². The van der Waals surface area contributed by atoms with E-state index in [1.165, 1.54) is 18.5 Å². The minimum Gasteiger partial charge on any atom is -0.371 e. The van der Waals surface area contributed by atoms with Gasteiger partial charge in [0, 0.05) is 0 Å². The zero-order chi connectivity index (χ0) is 17.9. The van der Waals surface area contributed by atoms with Gasteiger partial charge < -0.3 is 4.18 Å². The van der Waals surface area contributed by atoms with Crippen LogP contribution in [-0.2, 0) is 16.8 Å². The van der Waals surface area contributed by atoms with Crippen LogP contribution in [0.5, 0.6) is 5.75 Å². The summed E-state index contributed by atoms with van der Waals surface area (Å²) in [5.41, 5.74) is 2.90. The molecule has 8 nitrogen and oxygen atoms in total. The van der Waals surface area contributed by atoms with E-state index in [-0.39, 0.29) is 5.75 Å². The SMILES string of the molecule is N#Cc1cc(Cn2cncn2)ccc1-c1ccc(OS(N)(=O)=O)cc1. The molecule has 0 aliphatic carbocycles. The lowest BCUT2D eigenvalue weighted by Gasteiger charge is -2.09. The number of benzene rings is 2. The van der Waals surface area contributed by atoms with Crippen molar-refractivity contribution in [2.45, 2.75) is 6.54 Å². The lowest BCUT2D eigenvalue weighted by Crippen LogP contribution is -2.18. The van der Waals surface area contributed by atoms with Crippen LogP contribution in [0.15, 0.2) is 55.1 Å². The smallest absolute Gasteiger partial charge is 0.371 e. The summed E-state index contributed by atoms with van der Waals surface area (Å²) in [4.78, 5) is 3.88. The van der Waals surface area contributed by atoms with Crippen LogP contribution in [0.25, 0.3) is 11.1 Å². The van der Waals surface area contributed by atoms with E-state index < -0.39 is 10.3 Å². The molecule has 0 aliphatic heterocycles. The Hall–Kier alpha value is -3.22. The molecular formula is C16H13N5O3S. The molecule has 1 aromatic heterocycles. The predicted octanol–water partition coefficient (Wildman–Crippen LogP) is 1.45. The second-order valence-corrected chi connectivity index (χ2v) is 6.34. The zero-order valence-electron chi connectivity index (χ0n) is 12.9. The second kappa shape index (κ2) is 6.72. The van der Waals surface area contributed by atoms with Gasteiger partial charge in [0.25, 0.3) is 0 Å². The van der Waals surface area contributed by atoms with Crippen LogP contribution in [-0.4, -0.2) is 23.2 Å². The third-order valence-electron chi connectivity index (χ3n) is 3.39. The van der Waals surface area contributed by atoms with E-state index in [2.05, 4.69) is 20.3 Å². The number of nitrogens with two attached hydrogens (primary N) is 1. The predicted molar refractivity (Wildman–Crippen MR) is 89.5 cm³/mol. The number of hydrogen-bond acceptors (Lipinski definition) is 6. The van der Waals surface area contributed by atoms with E-state index in [0.717, 1.165) is 16.7 Å². The monoisotopic (exact) mass is 355 g/mol. The minimum atomic E-state index is -4.06. The summed E-state index contributed by atoms with van der Waals surface area (Å²) in [6.45, 7) is 0.510. The summed E-state index contributed by atoms with van der Waals surface area (Å²) in [5, 5.41) is 18.3. The first-order valence-corrected chi connectivity index (χ1v) is 8.60. The van der Waals surface area contributed by atoms with Crippen LogP contribution in [0.4, 0.5) is 0 Å². The molecule has 0 spiro atoms. The molecule has 0 saturated carbocycles. The number of nitriles is 1. The van der Waals surface area contributed by atoms with Gasteiger partial charge in [-0.25, -0.2) is 9.67 Å². The molecule has 0 saturated heterocycles. The molecular weight excluding hydrogens is 342 g/mol. The Kier molecular flexibility index (Phi) is 4.47. The molecule has 3 rings (SSSR count). The number of nitrogens with zero attached hydrogens (tertiary/aromatic N) is 4. The van der Waals surface area contributed by atoms with Gasteiger partial charge in [-0.05, 0) is 34.9 Å². The van der Waals surface area contributed by atoms with Crippen molar-refractivity contribution in [3.8, 4) is 22.9 Å². The first-order valence-electron chi connectivity index (χ1n) is 7.13. The third-order valence-corrected chi connectivity index (χ3v) is 3.82. The number of aromatic nitrogens is 3. The normalized spacial score (nSPS) is 11.0. The van der Waals surface area contributed by atoms with Gasteiger partial charge in [-0.3, -0.25) is 0 Å². The first-order chi connectivity index (χ1) is 11.9. The minimum absolute atomic E-state index is 0.104. The molecule has 2 aromatic carbocycles. The van der Waals surface area contributed by atoms with Crippen LogP contribution in [0.2, 0.25) is 0 Å². The fourth-order valence-electron chi connectivity index (χ4n) is 2.36. The van der Waals surface area contributed by atoms with Crippen molar-refractivity contribution in [2.75, 3.05) is 0 Å². The Morgan fingerprint density at radius 3 is 2.56 bits per heavy atom. The van der Waals surface area contributed by atoms with Gasteiger partial charge in [0.2, 0.25) is 0 Å². The molecule has 0 fully saturated rings. The summed E-state index contributed by atoms with van der Waals surface area (Å²) in [6, 6.07) is 14.0. The summed E-state index contributed by atoms with van der Waals surface area (Å²) >= 11 is 0. The van der Waals surface area contributed by atoms with E-state index in [4.69, 9.17) is 5.14 Å². The Morgan fingerprint density at radius 2 is 1.96 bits per heavy atom. The Morgan fingerprint density at radius 1 is 1.20 bits per heavy atom. The fourth-order valence-corrected chi connectivity index (χ4v) is 2.74. The lowest BCUT2D eigenvalue weighted by molar-refractivity contribution is 0.488. The average Bonchev–Trinajstić information content (AvgIpc) is 3.07. The van der Waals surface area contributed by atoms with E-state index in [1.807, 2.05) is 12.1 Å². The molecule has 2 N–H and O–H groups in total. The Bertz CT molecular complexity index is 1020. The van der Waals surface area contributed by atoms with Crippen LogP contribution < -0.4 is 9.32 Å². The van der Waals surface area contributed by atoms with Crippen molar-refractivity contribution >= 4 is 10.3 Å². The first kappa shape index (κ1) is 16.6. The summed E-state index contributed by atoms with van der Waals surface area (Å²) in [6.07, 6.45) is 3.05. The number of rotatable bonds is 5. The molecule has 126 valence electrons. The highest BCUT2D eigenvalue weighted by Crippen LogP contribution is 2.27. The molecule has 0 unspecified atom stereocenters. The van der Waals surface area contributed by atoms with Crippen molar-refractivity contribution in [3.63, 3.8) is 0 Å². The number of hydrogen-bond donors (Lipinski definition) is 1. The standard InChI is InChI=1S/C16H13N5O3S/c17-8-14-7-12(9-21-11-19-10-20-21)1-6-16(14)13-2-4-15(5-3-13)24-25(18,22)23/h1-7,10-11H,9H2,(H2,18,22,23). The summed E-state index contributed by atoms with van der Waals surface area (Å²) < 4.78 is 28.1. The van der Waals surface area contributed by atoms with Crippen molar-refractivity contribution < 1.29 is 12.6 Å². The zero-order valence-corrected chi connectivity index (χ0v) is 13.7. The van der Waals surface area contributed by atoms with E-state index in [0.29, 0.717) is 12.1 Å². The van der Waals surface area contributed by atoms with Crippen molar-refractivity contribution in [3.05, 3.63) is 66.2 Å². The third kappa shape index (κ3) is 4.20. The molecule has 0 radical (unpaired) electrons. The van der Waals surface area contributed by atoms with Gasteiger partial charge in [0.1, 0.15) is 18.4 Å². The maximum absolute atomic E-state index is 10.9. The van der Waals surface area contributed by atoms with Gasteiger partial charge in [0.05, 0.1) is 18.2 Å². The maximum atomic E-state index is 10.9. The van der Waals surface area contributed by atoms with Gasteiger partial charge in [-0.1, -0.05) is 24.3 Å². The quantitative estimate of drug-likeness (QED) is 0.738. The van der Waals surface area contributed by atoms with Gasteiger partial charge >= 0.3 is 10.3 Å². The molecule has 3 aromatic rings. The van der Waals surface area contributed by atoms with Crippen LogP contribution in [0.3, 0.4) is 0 Å². The average molecular weight is 355 g/mol. The molecule has 0 aliphatic rings. The van der Waals surface area contributed by atoms with Crippen LogP contribution in [0.1, 0.15) is 11.1 Å². The summed E-state index contributed by atoms with van der Waals surface area (Å²) in [7, 11) is -4.06. The highest BCUT2D eigenvalue weighted by Gasteiger charge is 2.09. The van der Waals surface area contributed by atoms with E-state index >= 15 is 0 Å². The van der Waals surface area contributed by atoms with E-state index in [9.17, 15) is 13.7 Å². The van der Waals surface area contributed by atoms with Crippen molar-refractivity contribution in [1.82, 2.24) is 14.8 Å². The highest BCUT2D eigenvalue weighted by atomic mass is 32.2. The summed E-state index contributed by atoms with van der Waals surface area (Å²) in [5.74, 6) is 0.104. The lowest BCUT2D eigenvalue weighted by atomic mass is 9.98. The molecule has 1 heterocycles. The molecule has 0 atom stereocenters. The Labute approximate surface area is 144 Å². The van der Waals surface area contributed by atoms with Crippen LogP contribution >= 0.6 is 0 Å². The van der Waals surface area contributed by atoms with Crippen LogP contribution in [0, 0.1) is 11.3 Å². The maximum Gasteiger partial charge on any atom is 0.380 e.